The molecule has 11 heavy (non-hydrogen) atoms. The lowest BCUT2D eigenvalue weighted by atomic mass is 10.2. The molecule has 60 valence electrons. The van der Waals surface area contributed by atoms with Gasteiger partial charge in [-0.25, -0.2) is 0 Å². The van der Waals surface area contributed by atoms with Crippen molar-refractivity contribution in [2.75, 3.05) is 0 Å². The number of aldehydes is 1. The Morgan fingerprint density at radius 1 is 1.27 bits per heavy atom. The number of hydrogen-bond acceptors (Lipinski definition) is 1. The first-order valence-electron chi connectivity index (χ1n) is 3.28. The molecule has 0 aliphatic carbocycles. The first-order chi connectivity index (χ1) is 5.20. The van der Waals surface area contributed by atoms with E-state index in [1.807, 2.05) is 24.1 Å². The van der Waals surface area contributed by atoms with Gasteiger partial charge in [-0.05, 0) is 30.0 Å². The number of allylic oxidation sites excluding steroid dienone is 5. The van der Waals surface area contributed by atoms with Crippen molar-refractivity contribution in [2.24, 2.45) is 0 Å². The Balaban J connectivity index is 4.06. The van der Waals surface area contributed by atoms with E-state index in [0.717, 1.165) is 17.4 Å². The average Bonchev–Trinajstić information content (AvgIpc) is 2.04. The molecule has 0 aliphatic rings. The zero-order valence-corrected chi connectivity index (χ0v) is 8.26. The number of hydrogen-bond donors (Lipinski definition) is 0. The Morgan fingerprint density at radius 3 is 2.36 bits per heavy atom. The predicted octanol–water partition coefficient (Wildman–Crippen LogP) is 2.99. The summed E-state index contributed by atoms with van der Waals surface area (Å²) in [5.74, 6) is 0. The van der Waals surface area contributed by atoms with Gasteiger partial charge in [0.25, 0.3) is 0 Å². The summed E-state index contributed by atoms with van der Waals surface area (Å²) < 4.78 is 0. The molecule has 0 aliphatic heterocycles. The highest BCUT2D eigenvalue weighted by atomic mass is 79.9. The van der Waals surface area contributed by atoms with Crippen LogP contribution in [0, 0.1) is 0 Å². The van der Waals surface area contributed by atoms with Crippen molar-refractivity contribution in [3.8, 4) is 0 Å². The zero-order valence-electron chi connectivity index (χ0n) is 6.67. The van der Waals surface area contributed by atoms with E-state index < -0.39 is 0 Å². The molecule has 0 spiro atoms. The summed E-state index contributed by atoms with van der Waals surface area (Å²) in [6.45, 7) is 3.74. The Kier molecular flexibility index (Phi) is 5.75. The lowest BCUT2D eigenvalue weighted by Gasteiger charge is -1.84. The van der Waals surface area contributed by atoms with E-state index in [9.17, 15) is 4.79 Å². The highest BCUT2D eigenvalue weighted by Gasteiger charge is 1.79. The SMILES string of the molecule is C\C(C=O)=C/C=C/C(C)=C/Br. The van der Waals surface area contributed by atoms with Crippen molar-refractivity contribution in [2.45, 2.75) is 13.8 Å². The van der Waals surface area contributed by atoms with Crippen LogP contribution in [0.5, 0.6) is 0 Å². The van der Waals surface area contributed by atoms with Gasteiger partial charge in [-0.1, -0.05) is 34.2 Å². The van der Waals surface area contributed by atoms with Crippen molar-refractivity contribution in [3.05, 3.63) is 34.4 Å². The fourth-order valence-corrected chi connectivity index (χ4v) is 0.580. The van der Waals surface area contributed by atoms with Gasteiger partial charge in [0.1, 0.15) is 6.29 Å². The summed E-state index contributed by atoms with van der Waals surface area (Å²) in [7, 11) is 0. The van der Waals surface area contributed by atoms with Crippen molar-refractivity contribution >= 4 is 22.2 Å². The molecule has 0 aromatic heterocycles. The van der Waals surface area contributed by atoms with Crippen LogP contribution in [0.15, 0.2) is 34.4 Å². The summed E-state index contributed by atoms with van der Waals surface area (Å²) >= 11 is 3.20. The lowest BCUT2D eigenvalue weighted by molar-refractivity contribution is -0.104. The number of carbonyl (C=O) groups is 1. The van der Waals surface area contributed by atoms with Crippen molar-refractivity contribution in [1.82, 2.24) is 0 Å². The van der Waals surface area contributed by atoms with Crippen LogP contribution in [-0.2, 0) is 4.79 Å². The molecular formula is C9H11BrO. The number of carbonyl (C=O) groups excluding carboxylic acids is 1. The largest absolute Gasteiger partial charge is 0.298 e. The van der Waals surface area contributed by atoms with E-state index in [2.05, 4.69) is 15.9 Å². The zero-order chi connectivity index (χ0) is 8.69. The van der Waals surface area contributed by atoms with Gasteiger partial charge in [0.15, 0.2) is 0 Å². The first-order valence-corrected chi connectivity index (χ1v) is 4.19. The Hall–Kier alpha value is -0.630. The normalized spacial score (nSPS) is 14.1. The van der Waals surface area contributed by atoms with Gasteiger partial charge in [-0.2, -0.15) is 0 Å². The molecule has 0 radical (unpaired) electrons. The van der Waals surface area contributed by atoms with Gasteiger partial charge >= 0.3 is 0 Å². The van der Waals surface area contributed by atoms with Crippen LogP contribution in [0.25, 0.3) is 0 Å². The van der Waals surface area contributed by atoms with E-state index in [0.29, 0.717) is 0 Å². The Bertz CT molecular complexity index is 212. The van der Waals surface area contributed by atoms with Crippen LogP contribution < -0.4 is 0 Å². The molecule has 0 aromatic carbocycles. The maximum absolute atomic E-state index is 10.1. The molecule has 0 atom stereocenters. The number of halogens is 1. The Morgan fingerprint density at radius 2 is 1.91 bits per heavy atom. The third kappa shape index (κ3) is 5.80. The Labute approximate surface area is 75.6 Å². The van der Waals surface area contributed by atoms with E-state index in [4.69, 9.17) is 0 Å². The molecular weight excluding hydrogens is 204 g/mol. The van der Waals surface area contributed by atoms with Crippen LogP contribution in [-0.4, -0.2) is 6.29 Å². The average molecular weight is 215 g/mol. The van der Waals surface area contributed by atoms with Gasteiger partial charge in [-0.15, -0.1) is 0 Å². The molecule has 1 nitrogen and oxygen atoms in total. The molecule has 0 heterocycles. The van der Waals surface area contributed by atoms with Crippen LogP contribution in [0.2, 0.25) is 0 Å². The molecule has 0 unspecified atom stereocenters. The molecule has 0 aromatic rings. The van der Waals surface area contributed by atoms with Crippen molar-refractivity contribution < 1.29 is 4.79 Å². The fraction of sp³-hybridized carbons (Fsp3) is 0.222. The minimum absolute atomic E-state index is 0.726. The van der Waals surface area contributed by atoms with E-state index in [1.54, 1.807) is 13.0 Å². The molecule has 0 saturated carbocycles. The smallest absolute Gasteiger partial charge is 0.145 e. The van der Waals surface area contributed by atoms with Crippen LogP contribution in [0.1, 0.15) is 13.8 Å². The summed E-state index contributed by atoms with van der Waals surface area (Å²) in [6, 6.07) is 0. The quantitative estimate of drug-likeness (QED) is 0.401. The molecule has 2 heteroatoms. The van der Waals surface area contributed by atoms with Crippen molar-refractivity contribution in [1.29, 1.82) is 0 Å². The molecule has 0 rings (SSSR count). The molecule has 0 bridgehead atoms. The third-order valence-electron chi connectivity index (χ3n) is 1.08. The predicted molar refractivity (Wildman–Crippen MR) is 51.6 cm³/mol. The summed E-state index contributed by atoms with van der Waals surface area (Å²) in [4.78, 5) is 12.0. The van der Waals surface area contributed by atoms with E-state index in [-0.39, 0.29) is 0 Å². The summed E-state index contributed by atoms with van der Waals surface area (Å²) in [5, 5.41) is 0. The van der Waals surface area contributed by atoms with Gasteiger partial charge in [-0.3, -0.25) is 4.79 Å². The van der Waals surface area contributed by atoms with E-state index >= 15 is 0 Å². The topological polar surface area (TPSA) is 17.1 Å². The highest BCUT2D eigenvalue weighted by Crippen LogP contribution is 1.99. The van der Waals surface area contributed by atoms with Crippen LogP contribution in [0.4, 0.5) is 0 Å². The fourth-order valence-electron chi connectivity index (χ4n) is 0.427. The standard InChI is InChI=1S/C9H11BrO/c1-8(6-10)4-3-5-9(2)7-11/h3-7H,1-2H3/b4-3+,8-6+,9-5+. The first kappa shape index (κ1) is 10.4. The molecule has 0 fully saturated rings. The second-order valence-electron chi connectivity index (χ2n) is 2.24. The summed E-state index contributed by atoms with van der Waals surface area (Å²) in [5.41, 5.74) is 1.84. The van der Waals surface area contributed by atoms with Crippen LogP contribution in [0.3, 0.4) is 0 Å². The molecule has 0 amide bonds. The van der Waals surface area contributed by atoms with E-state index in [1.165, 1.54) is 0 Å². The monoisotopic (exact) mass is 214 g/mol. The number of rotatable bonds is 3. The highest BCUT2D eigenvalue weighted by molar-refractivity contribution is 9.11. The maximum atomic E-state index is 10.1. The maximum Gasteiger partial charge on any atom is 0.145 e. The second-order valence-corrected chi connectivity index (χ2v) is 2.70. The van der Waals surface area contributed by atoms with Gasteiger partial charge in [0, 0.05) is 0 Å². The molecule has 0 saturated heterocycles. The second kappa shape index (κ2) is 6.10. The third-order valence-corrected chi connectivity index (χ3v) is 1.80. The lowest BCUT2D eigenvalue weighted by Crippen LogP contribution is -1.72. The van der Waals surface area contributed by atoms with Gasteiger partial charge in [0.2, 0.25) is 0 Å². The van der Waals surface area contributed by atoms with Gasteiger partial charge in [0.05, 0.1) is 0 Å². The van der Waals surface area contributed by atoms with Crippen LogP contribution >= 0.6 is 15.9 Å². The van der Waals surface area contributed by atoms with Gasteiger partial charge < -0.3 is 0 Å². The minimum Gasteiger partial charge on any atom is -0.298 e. The molecule has 0 N–H and O–H groups in total. The van der Waals surface area contributed by atoms with Crippen molar-refractivity contribution in [3.63, 3.8) is 0 Å². The minimum atomic E-state index is 0.726. The summed E-state index contributed by atoms with van der Waals surface area (Å²) in [6.07, 6.45) is 6.36.